The molecule has 0 aliphatic rings. The number of para-hydroxylation sites is 1. The first-order valence-corrected chi connectivity index (χ1v) is 7.13. The summed E-state index contributed by atoms with van der Waals surface area (Å²) in [4.78, 5) is 12.4. The Bertz CT molecular complexity index is 821. The Labute approximate surface area is 123 Å². The van der Waals surface area contributed by atoms with E-state index in [1.54, 1.807) is 4.57 Å². The number of nitrogens with zero attached hydrogens (tertiary/aromatic N) is 1. The molecule has 0 bridgehead atoms. The van der Waals surface area contributed by atoms with Crippen LogP contribution in [0.4, 0.5) is 5.69 Å². The second-order valence-electron chi connectivity index (χ2n) is 5.14. The van der Waals surface area contributed by atoms with Crippen molar-refractivity contribution in [2.24, 2.45) is 0 Å². The summed E-state index contributed by atoms with van der Waals surface area (Å²) >= 11 is 0. The van der Waals surface area contributed by atoms with Gasteiger partial charge in [-0.1, -0.05) is 36.4 Å². The van der Waals surface area contributed by atoms with E-state index in [1.165, 1.54) is 5.56 Å². The van der Waals surface area contributed by atoms with Crippen molar-refractivity contribution in [3.63, 3.8) is 0 Å². The predicted octanol–water partition coefficient (Wildman–Crippen LogP) is 3.42. The zero-order chi connectivity index (χ0) is 14.7. The summed E-state index contributed by atoms with van der Waals surface area (Å²) in [6, 6.07) is 17.8. The molecule has 0 amide bonds. The van der Waals surface area contributed by atoms with Gasteiger partial charge < -0.3 is 9.88 Å². The van der Waals surface area contributed by atoms with Crippen molar-refractivity contribution >= 4 is 16.5 Å². The van der Waals surface area contributed by atoms with Gasteiger partial charge in [-0.2, -0.15) is 0 Å². The van der Waals surface area contributed by atoms with Gasteiger partial charge in [0, 0.05) is 30.4 Å². The van der Waals surface area contributed by atoms with Crippen LogP contribution in [0.2, 0.25) is 0 Å². The number of anilines is 1. The lowest BCUT2D eigenvalue weighted by atomic mass is 10.2. The molecule has 0 aliphatic carbocycles. The highest BCUT2D eigenvalue weighted by atomic mass is 16.1. The van der Waals surface area contributed by atoms with E-state index >= 15 is 0 Å². The molecule has 3 nitrogen and oxygen atoms in total. The summed E-state index contributed by atoms with van der Waals surface area (Å²) in [7, 11) is 0. The van der Waals surface area contributed by atoms with Crippen molar-refractivity contribution in [3.05, 3.63) is 76.7 Å². The van der Waals surface area contributed by atoms with Gasteiger partial charge in [-0.25, -0.2) is 0 Å². The molecule has 0 aliphatic heterocycles. The maximum absolute atomic E-state index is 12.4. The molecule has 0 radical (unpaired) electrons. The van der Waals surface area contributed by atoms with Crippen molar-refractivity contribution in [2.45, 2.75) is 13.5 Å². The minimum atomic E-state index is 0.0692. The zero-order valence-electron chi connectivity index (χ0n) is 12.0. The molecule has 0 spiro atoms. The largest absolute Gasteiger partial charge is 0.383 e. The fourth-order valence-corrected chi connectivity index (χ4v) is 2.49. The van der Waals surface area contributed by atoms with Gasteiger partial charge in [-0.15, -0.1) is 0 Å². The lowest BCUT2D eigenvalue weighted by Crippen LogP contribution is -2.23. The molecule has 3 heteroatoms. The van der Waals surface area contributed by atoms with E-state index in [1.807, 2.05) is 48.7 Å². The lowest BCUT2D eigenvalue weighted by Gasteiger charge is -2.11. The molecular formula is C18H18N2O. The maximum atomic E-state index is 12.4. The number of pyridine rings is 1. The van der Waals surface area contributed by atoms with Gasteiger partial charge in [0.05, 0.1) is 0 Å². The van der Waals surface area contributed by atoms with E-state index in [9.17, 15) is 4.79 Å². The van der Waals surface area contributed by atoms with Gasteiger partial charge in [-0.05, 0) is 36.1 Å². The first-order valence-electron chi connectivity index (χ1n) is 7.13. The summed E-state index contributed by atoms with van der Waals surface area (Å²) in [6.07, 6.45) is 1.87. The van der Waals surface area contributed by atoms with E-state index in [0.717, 1.165) is 23.0 Å². The van der Waals surface area contributed by atoms with Gasteiger partial charge in [-0.3, -0.25) is 4.79 Å². The number of benzene rings is 2. The Kier molecular flexibility index (Phi) is 3.73. The Morgan fingerprint density at radius 1 is 1.00 bits per heavy atom. The van der Waals surface area contributed by atoms with Gasteiger partial charge in [0.25, 0.3) is 5.56 Å². The number of fused-ring (bicyclic) bond motifs is 1. The van der Waals surface area contributed by atoms with Crippen LogP contribution in [0.1, 0.15) is 5.56 Å². The maximum Gasteiger partial charge on any atom is 0.258 e. The lowest BCUT2D eigenvalue weighted by molar-refractivity contribution is 0.704. The zero-order valence-corrected chi connectivity index (χ0v) is 12.0. The van der Waals surface area contributed by atoms with Crippen LogP contribution in [0.3, 0.4) is 0 Å². The highest BCUT2D eigenvalue weighted by molar-refractivity contribution is 5.81. The first-order chi connectivity index (χ1) is 10.3. The van der Waals surface area contributed by atoms with Crippen LogP contribution in [0.5, 0.6) is 0 Å². The van der Waals surface area contributed by atoms with Crippen LogP contribution in [-0.4, -0.2) is 11.1 Å². The molecule has 0 atom stereocenters. The smallest absolute Gasteiger partial charge is 0.258 e. The van der Waals surface area contributed by atoms with E-state index in [-0.39, 0.29) is 5.56 Å². The van der Waals surface area contributed by atoms with E-state index in [0.29, 0.717) is 6.54 Å². The normalized spacial score (nSPS) is 10.7. The number of aromatic nitrogens is 1. The average Bonchev–Trinajstić information content (AvgIpc) is 2.52. The monoisotopic (exact) mass is 278 g/mol. The van der Waals surface area contributed by atoms with Crippen LogP contribution in [-0.2, 0) is 6.54 Å². The quantitative estimate of drug-likeness (QED) is 0.793. The predicted molar refractivity (Wildman–Crippen MR) is 87.9 cm³/mol. The van der Waals surface area contributed by atoms with Crippen LogP contribution in [0.15, 0.2) is 65.6 Å². The summed E-state index contributed by atoms with van der Waals surface area (Å²) in [5.41, 5.74) is 2.40. The highest BCUT2D eigenvalue weighted by Gasteiger charge is 2.02. The second kappa shape index (κ2) is 5.83. The number of aryl methyl sites for hydroxylation is 1. The third-order valence-corrected chi connectivity index (χ3v) is 3.70. The number of hydrogen-bond donors (Lipinski definition) is 1. The number of hydrogen-bond acceptors (Lipinski definition) is 2. The summed E-state index contributed by atoms with van der Waals surface area (Å²) in [5, 5.41) is 5.14. The topological polar surface area (TPSA) is 34.0 Å². The summed E-state index contributed by atoms with van der Waals surface area (Å²) in [5.74, 6) is 0. The van der Waals surface area contributed by atoms with Crippen molar-refractivity contribution in [3.8, 4) is 0 Å². The molecule has 21 heavy (non-hydrogen) atoms. The van der Waals surface area contributed by atoms with Crippen LogP contribution in [0, 0.1) is 6.92 Å². The van der Waals surface area contributed by atoms with E-state index < -0.39 is 0 Å². The molecule has 1 heterocycles. The fraction of sp³-hybridized carbons (Fsp3) is 0.167. The standard InChI is InChI=1S/C18H18N2O/c1-14-6-2-5-9-17(14)19-11-13-20-12-10-15-7-3-4-8-16(15)18(20)21/h2-10,12,19H,11,13H2,1H3. The van der Waals surface area contributed by atoms with Gasteiger partial charge >= 0.3 is 0 Å². The van der Waals surface area contributed by atoms with Gasteiger partial charge in [0.15, 0.2) is 0 Å². The second-order valence-corrected chi connectivity index (χ2v) is 5.14. The Morgan fingerprint density at radius 3 is 2.62 bits per heavy atom. The fourth-order valence-electron chi connectivity index (χ4n) is 2.49. The molecule has 0 unspecified atom stereocenters. The first kappa shape index (κ1) is 13.4. The third-order valence-electron chi connectivity index (χ3n) is 3.70. The van der Waals surface area contributed by atoms with Crippen LogP contribution >= 0.6 is 0 Å². The molecule has 0 fully saturated rings. The number of rotatable bonds is 4. The van der Waals surface area contributed by atoms with Crippen molar-refractivity contribution in [1.29, 1.82) is 0 Å². The Balaban J connectivity index is 1.76. The number of nitrogens with one attached hydrogen (secondary N) is 1. The molecule has 0 saturated heterocycles. The molecule has 2 aromatic carbocycles. The average molecular weight is 278 g/mol. The van der Waals surface area contributed by atoms with Crippen LogP contribution in [0.25, 0.3) is 10.8 Å². The van der Waals surface area contributed by atoms with Gasteiger partial charge in [0.1, 0.15) is 0 Å². The molecule has 106 valence electrons. The molecule has 1 N–H and O–H groups in total. The van der Waals surface area contributed by atoms with Crippen molar-refractivity contribution in [2.75, 3.05) is 11.9 Å². The van der Waals surface area contributed by atoms with E-state index in [2.05, 4.69) is 24.4 Å². The molecule has 3 aromatic rings. The van der Waals surface area contributed by atoms with Crippen LogP contribution < -0.4 is 10.9 Å². The van der Waals surface area contributed by atoms with Gasteiger partial charge in [0.2, 0.25) is 0 Å². The third kappa shape index (κ3) is 2.82. The summed E-state index contributed by atoms with van der Waals surface area (Å²) in [6.45, 7) is 3.45. The van der Waals surface area contributed by atoms with Crippen molar-refractivity contribution < 1.29 is 0 Å². The minimum Gasteiger partial charge on any atom is -0.383 e. The van der Waals surface area contributed by atoms with Crippen molar-refractivity contribution in [1.82, 2.24) is 4.57 Å². The Hall–Kier alpha value is -2.55. The SMILES string of the molecule is Cc1ccccc1NCCn1ccc2ccccc2c1=O. The molecule has 3 rings (SSSR count). The molecular weight excluding hydrogens is 260 g/mol. The highest BCUT2D eigenvalue weighted by Crippen LogP contribution is 2.12. The molecule has 1 aromatic heterocycles. The summed E-state index contributed by atoms with van der Waals surface area (Å²) < 4.78 is 1.76. The minimum absolute atomic E-state index is 0.0692. The van der Waals surface area contributed by atoms with E-state index in [4.69, 9.17) is 0 Å². The Morgan fingerprint density at radius 2 is 1.76 bits per heavy atom. The molecule has 0 saturated carbocycles.